The Morgan fingerprint density at radius 3 is 3.15 bits per heavy atom. The number of aromatic nitrogens is 1. The lowest BCUT2D eigenvalue weighted by Crippen LogP contribution is -2.14. The van der Waals surface area contributed by atoms with Crippen LogP contribution in [0.1, 0.15) is 12.8 Å². The summed E-state index contributed by atoms with van der Waals surface area (Å²) < 4.78 is 4.56. The molecule has 13 heavy (non-hydrogen) atoms. The van der Waals surface area contributed by atoms with Crippen LogP contribution in [-0.4, -0.2) is 24.7 Å². The van der Waals surface area contributed by atoms with Crippen LogP contribution in [0.2, 0.25) is 0 Å². The largest absolute Gasteiger partial charge is 0.363 e. The van der Waals surface area contributed by atoms with Crippen molar-refractivity contribution < 1.29 is 9.32 Å². The number of rotatable bonds is 5. The lowest BCUT2D eigenvalue weighted by molar-refractivity contribution is -0.116. The Balaban J connectivity index is 2.18. The van der Waals surface area contributed by atoms with Gasteiger partial charge in [0.25, 0.3) is 0 Å². The van der Waals surface area contributed by atoms with E-state index in [-0.39, 0.29) is 5.91 Å². The van der Waals surface area contributed by atoms with Crippen LogP contribution in [-0.2, 0) is 4.79 Å². The van der Waals surface area contributed by atoms with Crippen molar-refractivity contribution in [3.63, 3.8) is 0 Å². The number of anilines is 1. The number of hydrogen-bond donors (Lipinski definition) is 2. The Morgan fingerprint density at radius 2 is 2.54 bits per heavy atom. The fourth-order valence-corrected chi connectivity index (χ4v) is 0.916. The molecule has 0 unspecified atom stereocenters. The lowest BCUT2D eigenvalue weighted by Gasteiger charge is -2.00. The Morgan fingerprint density at radius 1 is 1.69 bits per heavy atom. The molecule has 0 atom stereocenters. The van der Waals surface area contributed by atoms with Gasteiger partial charge in [-0.1, -0.05) is 5.16 Å². The van der Waals surface area contributed by atoms with Crippen LogP contribution < -0.4 is 10.6 Å². The van der Waals surface area contributed by atoms with Crippen LogP contribution in [0.3, 0.4) is 0 Å². The minimum atomic E-state index is -0.0153. The molecule has 1 aromatic rings. The zero-order valence-corrected chi connectivity index (χ0v) is 7.54. The van der Waals surface area contributed by atoms with Crippen LogP contribution >= 0.6 is 0 Å². The summed E-state index contributed by atoms with van der Waals surface area (Å²) in [5.41, 5.74) is 0.606. The summed E-state index contributed by atoms with van der Waals surface area (Å²) in [4.78, 5) is 11.2. The molecule has 2 N–H and O–H groups in total. The van der Waals surface area contributed by atoms with E-state index in [0.29, 0.717) is 12.1 Å². The first kappa shape index (κ1) is 9.73. The van der Waals surface area contributed by atoms with Crippen molar-refractivity contribution in [1.82, 2.24) is 10.5 Å². The summed E-state index contributed by atoms with van der Waals surface area (Å²) in [5, 5.41) is 9.10. The molecular formula is C8H13N3O2. The first-order valence-corrected chi connectivity index (χ1v) is 4.17. The van der Waals surface area contributed by atoms with E-state index in [4.69, 9.17) is 0 Å². The van der Waals surface area contributed by atoms with Crippen molar-refractivity contribution in [3.8, 4) is 0 Å². The SMILES string of the molecule is CNCCCC(=O)Nc1cnoc1. The van der Waals surface area contributed by atoms with E-state index in [2.05, 4.69) is 20.3 Å². The fraction of sp³-hybridized carbons (Fsp3) is 0.500. The van der Waals surface area contributed by atoms with Crippen molar-refractivity contribution in [1.29, 1.82) is 0 Å². The zero-order chi connectivity index (χ0) is 9.52. The normalized spacial score (nSPS) is 9.92. The highest BCUT2D eigenvalue weighted by Crippen LogP contribution is 2.04. The summed E-state index contributed by atoms with van der Waals surface area (Å²) in [6.07, 6.45) is 4.20. The van der Waals surface area contributed by atoms with Crippen LogP contribution in [0.15, 0.2) is 17.0 Å². The second kappa shape index (κ2) is 5.31. The number of hydrogen-bond acceptors (Lipinski definition) is 4. The minimum absolute atomic E-state index is 0.0153. The van der Waals surface area contributed by atoms with E-state index in [1.165, 1.54) is 12.5 Å². The van der Waals surface area contributed by atoms with Gasteiger partial charge in [0.1, 0.15) is 12.0 Å². The average Bonchev–Trinajstić information content (AvgIpc) is 2.57. The molecule has 1 heterocycles. The number of nitrogens with one attached hydrogen (secondary N) is 2. The van der Waals surface area contributed by atoms with Gasteiger partial charge in [0.05, 0.1) is 6.20 Å². The summed E-state index contributed by atoms with van der Waals surface area (Å²) in [6, 6.07) is 0. The predicted octanol–water partition coefficient (Wildman–Crippen LogP) is 0.613. The van der Waals surface area contributed by atoms with Gasteiger partial charge in [-0.3, -0.25) is 4.79 Å². The van der Waals surface area contributed by atoms with Crippen molar-refractivity contribution in [2.24, 2.45) is 0 Å². The van der Waals surface area contributed by atoms with Crippen LogP contribution in [0.5, 0.6) is 0 Å². The molecule has 1 aromatic heterocycles. The molecule has 0 aromatic carbocycles. The standard InChI is InChI=1S/C8H13N3O2/c1-9-4-2-3-8(12)11-7-5-10-13-6-7/h5-6,9H,2-4H2,1H3,(H,11,12). The molecule has 5 heteroatoms. The van der Waals surface area contributed by atoms with E-state index < -0.39 is 0 Å². The minimum Gasteiger partial charge on any atom is -0.363 e. The predicted molar refractivity (Wildman–Crippen MR) is 48.3 cm³/mol. The highest BCUT2D eigenvalue weighted by Gasteiger charge is 2.02. The topological polar surface area (TPSA) is 67.2 Å². The fourth-order valence-electron chi connectivity index (χ4n) is 0.916. The maximum absolute atomic E-state index is 11.2. The van der Waals surface area contributed by atoms with Gasteiger partial charge >= 0.3 is 0 Å². The lowest BCUT2D eigenvalue weighted by atomic mass is 10.3. The third-order valence-corrected chi connectivity index (χ3v) is 1.55. The first-order chi connectivity index (χ1) is 6.33. The monoisotopic (exact) mass is 183 g/mol. The zero-order valence-electron chi connectivity index (χ0n) is 7.54. The van der Waals surface area contributed by atoms with E-state index in [9.17, 15) is 4.79 Å². The van der Waals surface area contributed by atoms with Gasteiger partial charge in [0.2, 0.25) is 5.91 Å². The quantitative estimate of drug-likeness (QED) is 0.656. The van der Waals surface area contributed by atoms with Crippen LogP contribution in [0, 0.1) is 0 Å². The maximum Gasteiger partial charge on any atom is 0.224 e. The number of amides is 1. The molecule has 0 aliphatic carbocycles. The summed E-state index contributed by atoms with van der Waals surface area (Å²) in [7, 11) is 1.86. The summed E-state index contributed by atoms with van der Waals surface area (Å²) in [6.45, 7) is 0.844. The molecule has 0 radical (unpaired) electrons. The van der Waals surface area contributed by atoms with Gasteiger partial charge in [-0.2, -0.15) is 0 Å². The van der Waals surface area contributed by atoms with Crippen molar-refractivity contribution >= 4 is 11.6 Å². The number of carbonyl (C=O) groups is 1. The molecule has 0 saturated heterocycles. The Hall–Kier alpha value is -1.36. The van der Waals surface area contributed by atoms with Gasteiger partial charge in [-0.15, -0.1) is 0 Å². The van der Waals surface area contributed by atoms with Gasteiger partial charge < -0.3 is 15.2 Å². The van der Waals surface area contributed by atoms with E-state index >= 15 is 0 Å². The number of carbonyl (C=O) groups excluding carboxylic acids is 1. The van der Waals surface area contributed by atoms with Crippen molar-refractivity contribution in [2.75, 3.05) is 18.9 Å². The molecule has 0 aliphatic rings. The van der Waals surface area contributed by atoms with Crippen LogP contribution in [0.4, 0.5) is 5.69 Å². The van der Waals surface area contributed by atoms with E-state index in [0.717, 1.165) is 13.0 Å². The molecule has 0 bridgehead atoms. The molecule has 0 saturated carbocycles. The van der Waals surface area contributed by atoms with Crippen molar-refractivity contribution in [3.05, 3.63) is 12.5 Å². The molecule has 0 fully saturated rings. The van der Waals surface area contributed by atoms with Gasteiger partial charge in [-0.05, 0) is 20.0 Å². The highest BCUT2D eigenvalue weighted by molar-refractivity contribution is 5.90. The van der Waals surface area contributed by atoms with Crippen molar-refractivity contribution in [2.45, 2.75) is 12.8 Å². The highest BCUT2D eigenvalue weighted by atomic mass is 16.5. The Bertz CT molecular complexity index is 246. The van der Waals surface area contributed by atoms with Gasteiger partial charge in [0, 0.05) is 6.42 Å². The molecule has 0 aliphatic heterocycles. The van der Waals surface area contributed by atoms with E-state index in [1.807, 2.05) is 7.05 Å². The molecule has 72 valence electrons. The Labute approximate surface area is 76.5 Å². The second-order valence-corrected chi connectivity index (χ2v) is 2.67. The first-order valence-electron chi connectivity index (χ1n) is 4.17. The van der Waals surface area contributed by atoms with Gasteiger partial charge in [0.15, 0.2) is 0 Å². The summed E-state index contributed by atoms with van der Waals surface area (Å²) >= 11 is 0. The Kier molecular flexibility index (Phi) is 3.98. The third kappa shape index (κ3) is 3.71. The third-order valence-electron chi connectivity index (χ3n) is 1.55. The molecular weight excluding hydrogens is 170 g/mol. The van der Waals surface area contributed by atoms with E-state index in [1.54, 1.807) is 0 Å². The van der Waals surface area contributed by atoms with Gasteiger partial charge in [-0.25, -0.2) is 0 Å². The molecule has 1 amide bonds. The average molecular weight is 183 g/mol. The van der Waals surface area contributed by atoms with Crippen LogP contribution in [0.25, 0.3) is 0 Å². The summed E-state index contributed by atoms with van der Waals surface area (Å²) in [5.74, 6) is -0.0153. The second-order valence-electron chi connectivity index (χ2n) is 2.67. The smallest absolute Gasteiger partial charge is 0.224 e. The molecule has 5 nitrogen and oxygen atoms in total. The molecule has 1 rings (SSSR count). The number of nitrogens with zero attached hydrogens (tertiary/aromatic N) is 1. The maximum atomic E-state index is 11.2. The molecule has 0 spiro atoms.